The Morgan fingerprint density at radius 3 is 3.18 bits per heavy atom. The lowest BCUT2D eigenvalue weighted by Crippen LogP contribution is -2.30. The summed E-state index contributed by atoms with van der Waals surface area (Å²) in [5.74, 6) is 0.362. The Balaban J connectivity index is 2.10. The number of aromatic hydroxyl groups is 1. The smallest absolute Gasteiger partial charge is 0.123 e. The molecule has 2 aromatic rings. The van der Waals surface area contributed by atoms with Crippen molar-refractivity contribution >= 4 is 0 Å². The molecule has 2 heterocycles. The highest BCUT2D eigenvalue weighted by atomic mass is 16.3. The lowest BCUT2D eigenvalue weighted by Gasteiger charge is -2.24. The first-order valence-electron chi connectivity index (χ1n) is 5.81. The molecule has 0 unspecified atom stereocenters. The van der Waals surface area contributed by atoms with Crippen LogP contribution in [0.15, 0.2) is 24.5 Å². The molecule has 4 heteroatoms. The average Bonchev–Trinajstić information content (AvgIpc) is 2.81. The average molecular weight is 229 g/mol. The Labute approximate surface area is 99.7 Å². The van der Waals surface area contributed by atoms with Crippen molar-refractivity contribution in [3.05, 3.63) is 47.0 Å². The van der Waals surface area contributed by atoms with Gasteiger partial charge in [0, 0.05) is 24.2 Å². The number of benzene rings is 1. The van der Waals surface area contributed by atoms with Gasteiger partial charge in [0.1, 0.15) is 5.75 Å². The SMILES string of the molecule is Cc1cccc([C@H]2NCCc3[nH]cnc32)c1O. The second-order valence-electron chi connectivity index (χ2n) is 4.42. The molecule has 88 valence electrons. The Kier molecular flexibility index (Phi) is 2.37. The summed E-state index contributed by atoms with van der Waals surface area (Å²) in [6.45, 7) is 2.81. The van der Waals surface area contributed by atoms with E-state index < -0.39 is 0 Å². The van der Waals surface area contributed by atoms with Gasteiger partial charge in [-0.05, 0) is 12.5 Å². The van der Waals surface area contributed by atoms with Crippen molar-refractivity contribution in [3.63, 3.8) is 0 Å². The molecule has 0 amide bonds. The van der Waals surface area contributed by atoms with Crippen LogP contribution in [-0.2, 0) is 6.42 Å². The van der Waals surface area contributed by atoms with E-state index in [1.165, 1.54) is 0 Å². The summed E-state index contributed by atoms with van der Waals surface area (Å²) in [6, 6.07) is 5.81. The molecule has 0 fully saturated rings. The van der Waals surface area contributed by atoms with Gasteiger partial charge in [0.2, 0.25) is 0 Å². The van der Waals surface area contributed by atoms with Crippen LogP contribution >= 0.6 is 0 Å². The normalized spacial score (nSPS) is 19.0. The van der Waals surface area contributed by atoms with Crippen molar-refractivity contribution < 1.29 is 5.11 Å². The van der Waals surface area contributed by atoms with Gasteiger partial charge in [0.15, 0.2) is 0 Å². The summed E-state index contributed by atoms with van der Waals surface area (Å²) in [5, 5.41) is 13.5. The fourth-order valence-electron chi connectivity index (χ4n) is 2.39. The largest absolute Gasteiger partial charge is 0.507 e. The summed E-state index contributed by atoms with van der Waals surface area (Å²) in [7, 11) is 0. The summed E-state index contributed by atoms with van der Waals surface area (Å²) in [5.41, 5.74) is 3.96. The molecule has 0 saturated heterocycles. The molecule has 1 atom stereocenters. The summed E-state index contributed by atoms with van der Waals surface area (Å²) in [4.78, 5) is 7.51. The van der Waals surface area contributed by atoms with E-state index in [1.807, 2.05) is 25.1 Å². The highest BCUT2D eigenvalue weighted by Gasteiger charge is 2.25. The van der Waals surface area contributed by atoms with E-state index in [0.29, 0.717) is 5.75 Å². The third-order valence-electron chi connectivity index (χ3n) is 3.33. The zero-order valence-electron chi connectivity index (χ0n) is 9.70. The van der Waals surface area contributed by atoms with E-state index in [-0.39, 0.29) is 6.04 Å². The monoisotopic (exact) mass is 229 g/mol. The van der Waals surface area contributed by atoms with E-state index in [0.717, 1.165) is 35.5 Å². The molecular formula is C13H15N3O. The minimum absolute atomic E-state index is 0.00935. The van der Waals surface area contributed by atoms with Crippen molar-refractivity contribution in [1.29, 1.82) is 0 Å². The number of aryl methyl sites for hydroxylation is 1. The first-order chi connectivity index (χ1) is 8.27. The third-order valence-corrected chi connectivity index (χ3v) is 3.33. The first kappa shape index (κ1) is 10.4. The number of H-pyrrole nitrogens is 1. The summed E-state index contributed by atoms with van der Waals surface area (Å²) >= 11 is 0. The quantitative estimate of drug-likeness (QED) is 0.697. The lowest BCUT2D eigenvalue weighted by atomic mass is 9.96. The molecule has 3 N–H and O–H groups in total. The van der Waals surface area contributed by atoms with Crippen LogP contribution in [0.4, 0.5) is 0 Å². The number of imidazole rings is 1. The Morgan fingerprint density at radius 1 is 1.41 bits per heavy atom. The third kappa shape index (κ3) is 1.61. The number of rotatable bonds is 1. The van der Waals surface area contributed by atoms with E-state index in [1.54, 1.807) is 6.33 Å². The Bertz CT molecular complexity index is 547. The number of fused-ring (bicyclic) bond motifs is 1. The Morgan fingerprint density at radius 2 is 2.29 bits per heavy atom. The number of nitrogens with zero attached hydrogens (tertiary/aromatic N) is 1. The van der Waals surface area contributed by atoms with Crippen LogP contribution in [0.3, 0.4) is 0 Å². The van der Waals surface area contributed by atoms with E-state index in [4.69, 9.17) is 0 Å². The maximum Gasteiger partial charge on any atom is 0.123 e. The van der Waals surface area contributed by atoms with Gasteiger partial charge in [-0.15, -0.1) is 0 Å². The number of phenols is 1. The zero-order valence-corrected chi connectivity index (χ0v) is 9.70. The fraction of sp³-hybridized carbons (Fsp3) is 0.308. The molecule has 0 bridgehead atoms. The number of hydrogen-bond donors (Lipinski definition) is 3. The zero-order chi connectivity index (χ0) is 11.8. The highest BCUT2D eigenvalue weighted by molar-refractivity contribution is 5.45. The van der Waals surface area contributed by atoms with Crippen molar-refractivity contribution in [2.45, 2.75) is 19.4 Å². The van der Waals surface area contributed by atoms with E-state index in [2.05, 4.69) is 15.3 Å². The fourth-order valence-corrected chi connectivity index (χ4v) is 2.39. The predicted octanol–water partition coefficient (Wildman–Crippen LogP) is 1.66. The van der Waals surface area contributed by atoms with Gasteiger partial charge in [-0.1, -0.05) is 18.2 Å². The predicted molar refractivity (Wildman–Crippen MR) is 65.0 cm³/mol. The maximum atomic E-state index is 10.1. The number of para-hydroxylation sites is 1. The Hall–Kier alpha value is -1.81. The molecular weight excluding hydrogens is 214 g/mol. The molecule has 1 aliphatic rings. The minimum atomic E-state index is -0.00935. The van der Waals surface area contributed by atoms with Crippen LogP contribution in [0.2, 0.25) is 0 Å². The van der Waals surface area contributed by atoms with Gasteiger partial charge in [-0.3, -0.25) is 0 Å². The number of nitrogens with one attached hydrogen (secondary N) is 2. The maximum absolute atomic E-state index is 10.1. The topological polar surface area (TPSA) is 60.9 Å². The van der Waals surface area contributed by atoms with Crippen LogP contribution in [-0.4, -0.2) is 21.6 Å². The van der Waals surface area contributed by atoms with Gasteiger partial charge in [-0.2, -0.15) is 0 Å². The van der Waals surface area contributed by atoms with Crippen molar-refractivity contribution in [3.8, 4) is 5.75 Å². The van der Waals surface area contributed by atoms with Crippen molar-refractivity contribution in [2.75, 3.05) is 6.54 Å². The minimum Gasteiger partial charge on any atom is -0.507 e. The summed E-state index contributed by atoms with van der Waals surface area (Å²) < 4.78 is 0. The van der Waals surface area contributed by atoms with Gasteiger partial charge in [0.05, 0.1) is 18.1 Å². The number of phenolic OH excluding ortho intramolecular Hbond substituents is 1. The number of aromatic amines is 1. The van der Waals surface area contributed by atoms with Gasteiger partial charge >= 0.3 is 0 Å². The molecule has 4 nitrogen and oxygen atoms in total. The molecule has 0 aliphatic carbocycles. The van der Waals surface area contributed by atoms with E-state index in [9.17, 15) is 5.11 Å². The first-order valence-corrected chi connectivity index (χ1v) is 5.81. The molecule has 0 radical (unpaired) electrons. The van der Waals surface area contributed by atoms with Gasteiger partial charge < -0.3 is 15.4 Å². The van der Waals surface area contributed by atoms with Crippen LogP contribution in [0.1, 0.15) is 28.6 Å². The van der Waals surface area contributed by atoms with Crippen molar-refractivity contribution in [1.82, 2.24) is 15.3 Å². The van der Waals surface area contributed by atoms with Crippen LogP contribution in [0.5, 0.6) is 5.75 Å². The molecule has 1 aromatic carbocycles. The lowest BCUT2D eigenvalue weighted by molar-refractivity contribution is 0.448. The molecule has 3 rings (SSSR count). The molecule has 1 aromatic heterocycles. The van der Waals surface area contributed by atoms with Gasteiger partial charge in [-0.25, -0.2) is 4.98 Å². The molecule has 1 aliphatic heterocycles. The van der Waals surface area contributed by atoms with Crippen LogP contribution in [0, 0.1) is 6.92 Å². The van der Waals surface area contributed by atoms with E-state index >= 15 is 0 Å². The molecule has 17 heavy (non-hydrogen) atoms. The van der Waals surface area contributed by atoms with Gasteiger partial charge in [0.25, 0.3) is 0 Å². The van der Waals surface area contributed by atoms with Crippen LogP contribution < -0.4 is 5.32 Å². The summed E-state index contributed by atoms with van der Waals surface area (Å²) in [6.07, 6.45) is 2.68. The van der Waals surface area contributed by atoms with Crippen LogP contribution in [0.25, 0.3) is 0 Å². The highest BCUT2D eigenvalue weighted by Crippen LogP contribution is 2.33. The molecule has 0 spiro atoms. The number of aromatic nitrogens is 2. The molecule has 0 saturated carbocycles. The second-order valence-corrected chi connectivity index (χ2v) is 4.42. The van der Waals surface area contributed by atoms with Crippen molar-refractivity contribution in [2.24, 2.45) is 0 Å². The standard InChI is InChI=1S/C13H15N3O/c1-8-3-2-4-9(13(8)17)11-12-10(5-6-14-11)15-7-16-12/h2-4,7,11,14,17H,5-6H2,1H3,(H,15,16)/t11-/m1/s1. The second kappa shape index (κ2) is 3.89. The number of hydrogen-bond acceptors (Lipinski definition) is 3.